The van der Waals surface area contributed by atoms with Gasteiger partial charge in [-0.3, -0.25) is 4.79 Å². The van der Waals surface area contributed by atoms with Gasteiger partial charge in [0.2, 0.25) is 0 Å². The van der Waals surface area contributed by atoms with E-state index in [0.717, 1.165) is 25.7 Å². The Morgan fingerprint density at radius 3 is 2.71 bits per heavy atom. The Hall–Kier alpha value is -1.82. The number of rotatable bonds is 3. The minimum Gasteiger partial charge on any atom is -0.348 e. The Morgan fingerprint density at radius 1 is 1.38 bits per heavy atom. The molecule has 1 aliphatic rings. The monoisotopic (exact) mass is 307 g/mol. The Morgan fingerprint density at radius 2 is 2.14 bits per heavy atom. The van der Waals surface area contributed by atoms with Gasteiger partial charge in [0.1, 0.15) is 18.3 Å². The van der Waals surface area contributed by atoms with Crippen molar-refractivity contribution in [2.45, 2.75) is 37.8 Å². The lowest BCUT2D eigenvalue weighted by molar-refractivity contribution is 0.0913. The number of halogens is 1. The summed E-state index contributed by atoms with van der Waals surface area (Å²) in [5.41, 5.74) is 0.596. The zero-order valence-electron chi connectivity index (χ0n) is 11.9. The smallest absolute Gasteiger partial charge is 0.268 e. The standard InChI is InChI=1S/C14H18ClN5O/c1-19-7-10(15)6-13(19)14(21)18-11-2-4-12(5-3-11)20-9-16-8-17-20/h6-9,11-12H,2-5H2,1H3,(H,18,21). The number of aromatic nitrogens is 4. The zero-order valence-corrected chi connectivity index (χ0v) is 12.6. The van der Waals surface area contributed by atoms with Crippen molar-refractivity contribution in [1.82, 2.24) is 24.6 Å². The largest absolute Gasteiger partial charge is 0.348 e. The van der Waals surface area contributed by atoms with Crippen molar-refractivity contribution in [3.63, 3.8) is 0 Å². The van der Waals surface area contributed by atoms with Crippen LogP contribution in [0.2, 0.25) is 5.02 Å². The lowest BCUT2D eigenvalue weighted by Crippen LogP contribution is -2.38. The Kier molecular flexibility index (Phi) is 3.96. The predicted molar refractivity (Wildman–Crippen MR) is 79.2 cm³/mol. The van der Waals surface area contributed by atoms with Crippen LogP contribution in [0.1, 0.15) is 42.2 Å². The van der Waals surface area contributed by atoms with E-state index in [1.165, 1.54) is 0 Å². The first-order chi connectivity index (χ1) is 10.1. The second kappa shape index (κ2) is 5.89. The number of nitrogens with one attached hydrogen (secondary N) is 1. The molecule has 0 saturated heterocycles. The third-order valence-corrected chi connectivity index (χ3v) is 4.25. The quantitative estimate of drug-likeness (QED) is 0.945. The van der Waals surface area contributed by atoms with Gasteiger partial charge in [0.15, 0.2) is 0 Å². The van der Waals surface area contributed by atoms with Crippen LogP contribution >= 0.6 is 11.6 Å². The molecule has 1 saturated carbocycles. The summed E-state index contributed by atoms with van der Waals surface area (Å²) in [6.07, 6.45) is 8.97. The van der Waals surface area contributed by atoms with Gasteiger partial charge in [0, 0.05) is 19.3 Å². The van der Waals surface area contributed by atoms with Crippen LogP contribution in [0.15, 0.2) is 24.9 Å². The Labute approximate surface area is 128 Å². The molecule has 2 aromatic rings. The van der Waals surface area contributed by atoms with Crippen molar-refractivity contribution in [3.05, 3.63) is 35.6 Å². The number of amides is 1. The molecule has 0 spiro atoms. The van der Waals surface area contributed by atoms with Crippen molar-refractivity contribution in [2.75, 3.05) is 0 Å². The predicted octanol–water partition coefficient (Wildman–Crippen LogP) is 2.18. The minimum absolute atomic E-state index is 0.0615. The van der Waals surface area contributed by atoms with Gasteiger partial charge in [-0.1, -0.05) is 11.6 Å². The van der Waals surface area contributed by atoms with Crippen LogP contribution in [0.3, 0.4) is 0 Å². The number of hydrogen-bond acceptors (Lipinski definition) is 3. The highest BCUT2D eigenvalue weighted by Crippen LogP contribution is 2.27. The fourth-order valence-electron chi connectivity index (χ4n) is 2.90. The summed E-state index contributed by atoms with van der Waals surface area (Å²) in [6, 6.07) is 2.30. The molecule has 2 aromatic heterocycles. The molecule has 1 amide bonds. The SMILES string of the molecule is Cn1cc(Cl)cc1C(=O)NC1CCC(n2cncn2)CC1. The van der Waals surface area contributed by atoms with E-state index < -0.39 is 0 Å². The molecule has 0 bridgehead atoms. The molecule has 0 unspecified atom stereocenters. The number of carbonyl (C=O) groups is 1. The van der Waals surface area contributed by atoms with Crippen molar-refractivity contribution in [3.8, 4) is 0 Å². The van der Waals surface area contributed by atoms with Gasteiger partial charge < -0.3 is 9.88 Å². The third kappa shape index (κ3) is 3.10. The van der Waals surface area contributed by atoms with E-state index in [-0.39, 0.29) is 11.9 Å². The van der Waals surface area contributed by atoms with E-state index in [1.807, 2.05) is 11.7 Å². The molecule has 112 valence electrons. The summed E-state index contributed by atoms with van der Waals surface area (Å²) in [6.45, 7) is 0. The third-order valence-electron chi connectivity index (χ3n) is 4.05. The van der Waals surface area contributed by atoms with Crippen molar-refractivity contribution in [2.24, 2.45) is 7.05 Å². The number of carbonyl (C=O) groups excluding carboxylic acids is 1. The molecule has 2 heterocycles. The molecule has 21 heavy (non-hydrogen) atoms. The normalized spacial score (nSPS) is 22.2. The van der Waals surface area contributed by atoms with Gasteiger partial charge >= 0.3 is 0 Å². The number of nitrogens with zero attached hydrogens (tertiary/aromatic N) is 4. The maximum Gasteiger partial charge on any atom is 0.268 e. The van der Waals surface area contributed by atoms with Gasteiger partial charge in [-0.05, 0) is 31.7 Å². The van der Waals surface area contributed by atoms with E-state index in [2.05, 4.69) is 15.4 Å². The van der Waals surface area contributed by atoms with Crippen LogP contribution in [0.25, 0.3) is 0 Å². The average Bonchev–Trinajstić information content (AvgIpc) is 3.09. The highest BCUT2D eigenvalue weighted by atomic mass is 35.5. The summed E-state index contributed by atoms with van der Waals surface area (Å²) in [5, 5.41) is 7.86. The minimum atomic E-state index is -0.0615. The van der Waals surface area contributed by atoms with Gasteiger partial charge in [0.25, 0.3) is 5.91 Å². The maximum atomic E-state index is 12.2. The Balaban J connectivity index is 1.56. The first-order valence-electron chi connectivity index (χ1n) is 7.10. The lowest BCUT2D eigenvalue weighted by atomic mass is 9.91. The van der Waals surface area contributed by atoms with Gasteiger partial charge in [-0.2, -0.15) is 5.10 Å². The number of aryl methyl sites for hydroxylation is 1. The summed E-state index contributed by atoms with van der Waals surface area (Å²) in [7, 11) is 1.82. The molecule has 0 aliphatic heterocycles. The summed E-state index contributed by atoms with van der Waals surface area (Å²) < 4.78 is 3.66. The molecule has 1 aliphatic carbocycles. The molecule has 7 heteroatoms. The van der Waals surface area contributed by atoms with Crippen LogP contribution in [0.4, 0.5) is 0 Å². The highest BCUT2D eigenvalue weighted by Gasteiger charge is 2.24. The fraction of sp³-hybridized carbons (Fsp3) is 0.500. The van der Waals surface area contributed by atoms with E-state index in [9.17, 15) is 4.79 Å². The van der Waals surface area contributed by atoms with Crippen LogP contribution in [0, 0.1) is 0 Å². The molecule has 1 N–H and O–H groups in total. The molecule has 0 atom stereocenters. The van der Waals surface area contributed by atoms with Gasteiger partial charge in [0.05, 0.1) is 11.1 Å². The number of hydrogen-bond donors (Lipinski definition) is 1. The van der Waals surface area contributed by atoms with Crippen molar-refractivity contribution >= 4 is 17.5 Å². The molecule has 1 fully saturated rings. The summed E-state index contributed by atoms with van der Waals surface area (Å²) in [4.78, 5) is 16.2. The molecule has 3 rings (SSSR count). The van der Waals surface area contributed by atoms with Crippen LogP contribution in [-0.4, -0.2) is 31.3 Å². The van der Waals surface area contributed by atoms with E-state index in [4.69, 9.17) is 11.6 Å². The van der Waals surface area contributed by atoms with E-state index in [1.54, 1.807) is 29.5 Å². The first-order valence-corrected chi connectivity index (χ1v) is 7.48. The molecule has 0 radical (unpaired) electrons. The lowest BCUT2D eigenvalue weighted by Gasteiger charge is -2.29. The van der Waals surface area contributed by atoms with E-state index in [0.29, 0.717) is 16.8 Å². The van der Waals surface area contributed by atoms with Gasteiger partial charge in [-0.15, -0.1) is 0 Å². The second-order valence-electron chi connectivity index (χ2n) is 5.51. The Bertz CT molecular complexity index is 613. The molecular formula is C14H18ClN5O. The van der Waals surface area contributed by atoms with E-state index >= 15 is 0 Å². The summed E-state index contributed by atoms with van der Waals surface area (Å²) >= 11 is 5.91. The molecule has 0 aromatic carbocycles. The van der Waals surface area contributed by atoms with Crippen LogP contribution < -0.4 is 5.32 Å². The fourth-order valence-corrected chi connectivity index (χ4v) is 3.15. The first kappa shape index (κ1) is 14.1. The topological polar surface area (TPSA) is 64.7 Å². The molecular weight excluding hydrogens is 290 g/mol. The van der Waals surface area contributed by atoms with Gasteiger partial charge in [-0.25, -0.2) is 9.67 Å². The molecule has 6 nitrogen and oxygen atoms in total. The summed E-state index contributed by atoms with van der Waals surface area (Å²) in [5.74, 6) is -0.0615. The zero-order chi connectivity index (χ0) is 14.8. The highest BCUT2D eigenvalue weighted by molar-refractivity contribution is 6.31. The second-order valence-corrected chi connectivity index (χ2v) is 5.95. The van der Waals surface area contributed by atoms with Crippen molar-refractivity contribution < 1.29 is 4.79 Å². The maximum absolute atomic E-state index is 12.2. The van der Waals surface area contributed by atoms with Crippen molar-refractivity contribution in [1.29, 1.82) is 0 Å². The van der Waals surface area contributed by atoms with Crippen LogP contribution in [-0.2, 0) is 7.05 Å². The van der Waals surface area contributed by atoms with Crippen LogP contribution in [0.5, 0.6) is 0 Å². The average molecular weight is 308 g/mol.